The van der Waals surface area contributed by atoms with Gasteiger partial charge in [0, 0.05) is 49.2 Å². The molecule has 182 valence electrons. The minimum atomic E-state index is -2.94. The molecular formula is C26H24N6O3S. The van der Waals surface area contributed by atoms with Crippen molar-refractivity contribution in [1.29, 1.82) is 0 Å². The fraction of sp³-hybridized carbons (Fsp3) is 0.231. The summed E-state index contributed by atoms with van der Waals surface area (Å²) in [7, 11) is -2.94. The van der Waals surface area contributed by atoms with Crippen LogP contribution in [0.1, 0.15) is 27.3 Å². The molecule has 1 saturated heterocycles. The van der Waals surface area contributed by atoms with Gasteiger partial charge in [0.2, 0.25) is 0 Å². The first-order valence-corrected chi connectivity index (χ1v) is 13.6. The molecule has 2 N–H and O–H groups in total. The second kappa shape index (κ2) is 8.96. The summed E-state index contributed by atoms with van der Waals surface area (Å²) in [5.74, 6) is 0.00469. The van der Waals surface area contributed by atoms with Crippen molar-refractivity contribution in [3.05, 3.63) is 77.4 Å². The maximum absolute atomic E-state index is 13.2. The van der Waals surface area contributed by atoms with Crippen molar-refractivity contribution in [2.45, 2.75) is 13.1 Å². The third-order valence-electron chi connectivity index (χ3n) is 6.63. The molecule has 1 amide bonds. The number of aliphatic imine (C=N–C) groups is 1. The number of amides is 1. The molecule has 1 fully saturated rings. The molecule has 0 unspecified atom stereocenters. The lowest BCUT2D eigenvalue weighted by molar-refractivity contribution is 0.102. The number of hydrogen-bond donors (Lipinski definition) is 2. The van der Waals surface area contributed by atoms with Gasteiger partial charge in [0.1, 0.15) is 11.3 Å². The van der Waals surface area contributed by atoms with E-state index >= 15 is 0 Å². The highest BCUT2D eigenvalue weighted by Gasteiger charge is 2.22. The standard InChI is InChI=1S/C26H24N6O3S/c33-26(23-3-1-2-19(30-23)16-32-8-10-36(34,35)11-9-32)31-24-13-17(12-18-14-27-15-22(18)24)20-4-6-28-25-21(20)5-7-29-25/h1-7,12-13,15H,8-11,14,16H2,(H,28,29)(H,31,33). The predicted molar refractivity (Wildman–Crippen MR) is 139 cm³/mol. The van der Waals surface area contributed by atoms with Crippen LogP contribution in [0.25, 0.3) is 22.2 Å². The van der Waals surface area contributed by atoms with E-state index in [1.807, 2.05) is 35.4 Å². The quantitative estimate of drug-likeness (QED) is 0.435. The Hall–Kier alpha value is -3.89. The lowest BCUT2D eigenvalue weighted by Crippen LogP contribution is -2.39. The molecule has 10 heteroatoms. The van der Waals surface area contributed by atoms with Gasteiger partial charge in [0.05, 0.1) is 29.4 Å². The van der Waals surface area contributed by atoms with Crippen molar-refractivity contribution in [3.8, 4) is 11.1 Å². The maximum Gasteiger partial charge on any atom is 0.274 e. The van der Waals surface area contributed by atoms with Crippen molar-refractivity contribution in [2.24, 2.45) is 4.99 Å². The molecule has 9 nitrogen and oxygen atoms in total. The Bertz CT molecular complexity index is 1610. The van der Waals surface area contributed by atoms with Crippen LogP contribution < -0.4 is 5.32 Å². The number of hydrogen-bond acceptors (Lipinski definition) is 7. The summed E-state index contributed by atoms with van der Waals surface area (Å²) in [4.78, 5) is 31.8. The van der Waals surface area contributed by atoms with Gasteiger partial charge < -0.3 is 10.3 Å². The lowest BCUT2D eigenvalue weighted by atomic mass is 9.97. The average Bonchev–Trinajstić information content (AvgIpc) is 3.55. The minimum Gasteiger partial charge on any atom is -0.346 e. The number of nitrogens with zero attached hydrogens (tertiary/aromatic N) is 4. The molecule has 0 aliphatic carbocycles. The van der Waals surface area contributed by atoms with Gasteiger partial charge in [-0.15, -0.1) is 0 Å². The molecule has 4 aromatic rings. The van der Waals surface area contributed by atoms with Crippen molar-refractivity contribution in [2.75, 3.05) is 29.9 Å². The Kier molecular flexibility index (Phi) is 5.62. The monoisotopic (exact) mass is 500 g/mol. The second-order valence-corrected chi connectivity index (χ2v) is 11.4. The SMILES string of the molecule is O=C(Nc1cc(-c2ccnc3[nH]ccc23)cc2c1C=NC2)c1cccc(CN2CCS(=O)(=O)CC2)n1. The molecule has 2 aliphatic heterocycles. The van der Waals surface area contributed by atoms with Crippen molar-refractivity contribution in [1.82, 2.24) is 19.9 Å². The summed E-state index contributed by atoms with van der Waals surface area (Å²) >= 11 is 0. The zero-order valence-corrected chi connectivity index (χ0v) is 20.3. The zero-order valence-electron chi connectivity index (χ0n) is 19.4. The van der Waals surface area contributed by atoms with Gasteiger partial charge in [-0.1, -0.05) is 6.07 Å². The van der Waals surface area contributed by atoms with Gasteiger partial charge >= 0.3 is 0 Å². The number of fused-ring (bicyclic) bond motifs is 2. The Morgan fingerprint density at radius 3 is 2.83 bits per heavy atom. The van der Waals surface area contributed by atoms with Crippen LogP contribution >= 0.6 is 0 Å². The van der Waals surface area contributed by atoms with Crippen LogP contribution in [-0.2, 0) is 22.9 Å². The van der Waals surface area contributed by atoms with Crippen LogP contribution in [0.15, 0.2) is 59.9 Å². The lowest BCUT2D eigenvalue weighted by Gasteiger charge is -2.26. The van der Waals surface area contributed by atoms with Crippen LogP contribution in [0.3, 0.4) is 0 Å². The van der Waals surface area contributed by atoms with Crippen molar-refractivity contribution in [3.63, 3.8) is 0 Å². The zero-order chi connectivity index (χ0) is 24.7. The molecule has 36 heavy (non-hydrogen) atoms. The third kappa shape index (κ3) is 4.40. The van der Waals surface area contributed by atoms with E-state index < -0.39 is 9.84 Å². The first-order valence-electron chi connectivity index (χ1n) is 11.7. The molecule has 2 aliphatic rings. The van der Waals surface area contributed by atoms with E-state index in [1.54, 1.807) is 24.5 Å². The molecular weight excluding hydrogens is 476 g/mol. The molecule has 6 rings (SSSR count). The van der Waals surface area contributed by atoms with E-state index in [2.05, 4.69) is 31.3 Å². The molecule has 3 aromatic heterocycles. The third-order valence-corrected chi connectivity index (χ3v) is 8.24. The normalized spacial score (nSPS) is 16.8. The fourth-order valence-electron chi connectivity index (χ4n) is 4.72. The summed E-state index contributed by atoms with van der Waals surface area (Å²) in [6.45, 7) is 2.01. The van der Waals surface area contributed by atoms with Gasteiger partial charge in [-0.05, 0) is 53.1 Å². The van der Waals surface area contributed by atoms with Crippen LogP contribution in [0.5, 0.6) is 0 Å². The minimum absolute atomic E-state index is 0.155. The Labute approximate surface area is 208 Å². The van der Waals surface area contributed by atoms with E-state index in [0.29, 0.717) is 37.6 Å². The van der Waals surface area contributed by atoms with Crippen molar-refractivity contribution < 1.29 is 13.2 Å². The summed E-state index contributed by atoms with van der Waals surface area (Å²) in [6.07, 6.45) is 5.42. The second-order valence-electron chi connectivity index (χ2n) is 9.06. The highest BCUT2D eigenvalue weighted by molar-refractivity contribution is 7.91. The van der Waals surface area contributed by atoms with Crippen LogP contribution in [0, 0.1) is 0 Å². The first-order chi connectivity index (χ1) is 17.4. The van der Waals surface area contributed by atoms with E-state index in [1.165, 1.54) is 0 Å². The summed E-state index contributed by atoms with van der Waals surface area (Å²) in [5, 5.41) is 4.05. The number of carbonyl (C=O) groups is 1. The van der Waals surface area contributed by atoms with Gasteiger partial charge in [0.15, 0.2) is 9.84 Å². The topological polar surface area (TPSA) is 120 Å². The van der Waals surface area contributed by atoms with Gasteiger partial charge in [-0.2, -0.15) is 0 Å². The van der Waals surface area contributed by atoms with E-state index in [9.17, 15) is 13.2 Å². The molecule has 5 heterocycles. The van der Waals surface area contributed by atoms with Crippen LogP contribution in [0.2, 0.25) is 0 Å². The summed E-state index contributed by atoms with van der Waals surface area (Å²) < 4.78 is 23.4. The Morgan fingerprint density at radius 1 is 1.11 bits per heavy atom. The number of sulfone groups is 1. The highest BCUT2D eigenvalue weighted by atomic mass is 32.2. The van der Waals surface area contributed by atoms with Crippen LogP contribution in [-0.4, -0.2) is 65.0 Å². The molecule has 0 radical (unpaired) electrons. The number of rotatable bonds is 5. The maximum atomic E-state index is 13.2. The summed E-state index contributed by atoms with van der Waals surface area (Å²) in [5.41, 5.74) is 6.47. The average molecular weight is 501 g/mol. The molecule has 0 spiro atoms. The molecule has 0 atom stereocenters. The number of benzene rings is 1. The van der Waals surface area contributed by atoms with Crippen LogP contribution in [0.4, 0.5) is 5.69 Å². The highest BCUT2D eigenvalue weighted by Crippen LogP contribution is 2.34. The predicted octanol–water partition coefficient (Wildman–Crippen LogP) is 3.04. The van der Waals surface area contributed by atoms with Crippen molar-refractivity contribution >= 4 is 38.7 Å². The largest absolute Gasteiger partial charge is 0.346 e. The smallest absolute Gasteiger partial charge is 0.274 e. The number of nitrogens with one attached hydrogen (secondary N) is 2. The van der Waals surface area contributed by atoms with E-state index in [-0.39, 0.29) is 17.4 Å². The van der Waals surface area contributed by atoms with Gasteiger partial charge in [-0.25, -0.2) is 18.4 Å². The number of H-pyrrole nitrogens is 1. The number of aromatic nitrogens is 3. The molecule has 0 saturated carbocycles. The Morgan fingerprint density at radius 2 is 1.97 bits per heavy atom. The molecule has 1 aromatic carbocycles. The van der Waals surface area contributed by atoms with E-state index in [0.717, 1.165) is 39.0 Å². The van der Waals surface area contributed by atoms with Gasteiger partial charge in [-0.3, -0.25) is 14.7 Å². The number of anilines is 1. The first kappa shape index (κ1) is 22.6. The number of carbonyl (C=O) groups excluding carboxylic acids is 1. The number of pyridine rings is 2. The van der Waals surface area contributed by atoms with Gasteiger partial charge in [0.25, 0.3) is 5.91 Å². The molecule has 0 bridgehead atoms. The Balaban J connectivity index is 1.26. The van der Waals surface area contributed by atoms with E-state index in [4.69, 9.17) is 0 Å². The summed E-state index contributed by atoms with van der Waals surface area (Å²) in [6, 6.07) is 13.4. The fourth-order valence-corrected chi connectivity index (χ4v) is 6.00. The number of aromatic amines is 1.